The minimum absolute atomic E-state index is 0.344. The van der Waals surface area contributed by atoms with Gasteiger partial charge in [0.1, 0.15) is 0 Å². The van der Waals surface area contributed by atoms with E-state index in [-0.39, 0.29) is 0 Å². The van der Waals surface area contributed by atoms with Crippen LogP contribution in [0.25, 0.3) is 0 Å². The van der Waals surface area contributed by atoms with Gasteiger partial charge in [0.2, 0.25) is 5.78 Å². The monoisotopic (exact) mass is 297 g/mol. The highest BCUT2D eigenvalue weighted by atomic mass is 16.6. The molecule has 0 amide bonds. The average molecular weight is 297 g/mol. The maximum atomic E-state index is 12.6. The second-order valence-corrected chi connectivity index (χ2v) is 5.20. The number of ether oxygens (including phenoxy) is 1. The number of esters is 1. The highest BCUT2D eigenvalue weighted by molar-refractivity contribution is 6.09. The predicted octanol–water partition coefficient (Wildman–Crippen LogP) is 1.07. The van der Waals surface area contributed by atoms with Crippen molar-refractivity contribution in [3.05, 3.63) is 71.8 Å². The van der Waals surface area contributed by atoms with Gasteiger partial charge in [-0.3, -0.25) is 4.79 Å². The molecule has 2 aromatic carbocycles. The summed E-state index contributed by atoms with van der Waals surface area (Å²) in [4.78, 5) is 24.4. The number of cyclic esters (lactones) is 1. The number of aliphatic hydroxyl groups is 1. The zero-order valence-electron chi connectivity index (χ0n) is 11.7. The Hall–Kier alpha value is -2.50. The summed E-state index contributed by atoms with van der Waals surface area (Å²) in [6, 6.07) is 15.6. The summed E-state index contributed by atoms with van der Waals surface area (Å²) >= 11 is 0. The number of ketones is 1. The Morgan fingerprint density at radius 3 is 2.09 bits per heavy atom. The maximum absolute atomic E-state index is 12.6. The molecule has 0 aromatic heterocycles. The third-order valence-corrected chi connectivity index (χ3v) is 3.84. The molecule has 0 bridgehead atoms. The Labute approximate surface area is 127 Å². The van der Waals surface area contributed by atoms with Crippen LogP contribution in [0.15, 0.2) is 60.7 Å². The Kier molecular flexibility index (Phi) is 3.52. The number of hydrogen-bond donors (Lipinski definition) is 2. The van der Waals surface area contributed by atoms with E-state index in [0.717, 1.165) is 0 Å². The molecule has 1 fully saturated rings. The van der Waals surface area contributed by atoms with E-state index < -0.39 is 29.5 Å². The van der Waals surface area contributed by atoms with Crippen molar-refractivity contribution in [2.75, 3.05) is 0 Å². The van der Waals surface area contributed by atoms with Crippen LogP contribution in [0.3, 0.4) is 0 Å². The number of benzene rings is 2. The van der Waals surface area contributed by atoms with Gasteiger partial charge in [0, 0.05) is 0 Å². The first-order valence-corrected chi connectivity index (χ1v) is 6.88. The summed E-state index contributed by atoms with van der Waals surface area (Å²) in [6.45, 7) is 0. The predicted molar refractivity (Wildman–Crippen MR) is 78.6 cm³/mol. The van der Waals surface area contributed by atoms with Crippen molar-refractivity contribution >= 4 is 11.8 Å². The second kappa shape index (κ2) is 5.36. The summed E-state index contributed by atoms with van der Waals surface area (Å²) in [6.07, 6.45) is -1.13. The Morgan fingerprint density at radius 1 is 0.955 bits per heavy atom. The van der Waals surface area contributed by atoms with E-state index in [9.17, 15) is 14.7 Å². The molecule has 3 unspecified atom stereocenters. The number of carbonyl (C=O) groups is 2. The molecule has 112 valence electrons. The van der Waals surface area contributed by atoms with E-state index in [0.29, 0.717) is 11.1 Å². The van der Waals surface area contributed by atoms with Gasteiger partial charge in [0.25, 0.3) is 0 Å². The standard InChI is InChI=1S/C17H15NO4/c18-13-14(19)17(21,12-9-5-2-6-10-12)15(22-16(13)20)11-7-3-1-4-8-11/h1-10,13,15,21H,18H2. The van der Waals surface area contributed by atoms with E-state index >= 15 is 0 Å². The van der Waals surface area contributed by atoms with Crippen molar-refractivity contribution in [2.45, 2.75) is 17.7 Å². The lowest BCUT2D eigenvalue weighted by molar-refractivity contribution is -0.190. The van der Waals surface area contributed by atoms with Crippen LogP contribution in [0.4, 0.5) is 0 Å². The topological polar surface area (TPSA) is 89.6 Å². The van der Waals surface area contributed by atoms with Gasteiger partial charge in [-0.25, -0.2) is 4.79 Å². The fraction of sp³-hybridized carbons (Fsp3) is 0.176. The number of hydrogen-bond acceptors (Lipinski definition) is 5. The number of Topliss-reactive ketones (excluding diaryl/α,β-unsaturated/α-hetero) is 1. The third kappa shape index (κ3) is 2.11. The van der Waals surface area contributed by atoms with Gasteiger partial charge in [-0.15, -0.1) is 0 Å². The van der Waals surface area contributed by atoms with Crippen LogP contribution in [0.5, 0.6) is 0 Å². The fourth-order valence-electron chi connectivity index (χ4n) is 2.67. The molecule has 1 heterocycles. The lowest BCUT2D eigenvalue weighted by atomic mass is 9.77. The number of carbonyl (C=O) groups excluding carboxylic acids is 2. The first-order valence-electron chi connectivity index (χ1n) is 6.88. The Balaban J connectivity index is 2.17. The van der Waals surface area contributed by atoms with E-state index in [2.05, 4.69) is 0 Å². The molecule has 1 aliphatic heterocycles. The molecule has 0 spiro atoms. The van der Waals surface area contributed by atoms with E-state index in [1.54, 1.807) is 60.7 Å². The Bertz CT molecular complexity index is 701. The van der Waals surface area contributed by atoms with Crippen molar-refractivity contribution in [2.24, 2.45) is 5.73 Å². The van der Waals surface area contributed by atoms with Crippen LogP contribution in [-0.4, -0.2) is 22.9 Å². The quantitative estimate of drug-likeness (QED) is 0.639. The maximum Gasteiger partial charge on any atom is 0.331 e. The van der Waals surface area contributed by atoms with E-state index in [1.165, 1.54) is 0 Å². The van der Waals surface area contributed by atoms with Gasteiger partial charge in [-0.05, 0) is 11.1 Å². The molecule has 1 saturated heterocycles. The zero-order valence-corrected chi connectivity index (χ0v) is 11.7. The van der Waals surface area contributed by atoms with Crippen molar-refractivity contribution in [3.8, 4) is 0 Å². The SMILES string of the molecule is NC1C(=O)OC(c2ccccc2)C(O)(c2ccccc2)C1=O. The molecular formula is C17H15NO4. The van der Waals surface area contributed by atoms with Crippen LogP contribution in [0.2, 0.25) is 0 Å². The molecule has 5 heteroatoms. The van der Waals surface area contributed by atoms with Gasteiger partial charge >= 0.3 is 5.97 Å². The molecule has 5 nitrogen and oxygen atoms in total. The second-order valence-electron chi connectivity index (χ2n) is 5.20. The van der Waals surface area contributed by atoms with Crippen molar-refractivity contribution in [1.82, 2.24) is 0 Å². The molecule has 3 atom stereocenters. The first kappa shape index (κ1) is 14.4. The largest absolute Gasteiger partial charge is 0.452 e. The average Bonchev–Trinajstić information content (AvgIpc) is 2.58. The number of nitrogens with two attached hydrogens (primary N) is 1. The lowest BCUT2D eigenvalue weighted by Crippen LogP contribution is -2.59. The highest BCUT2D eigenvalue weighted by Gasteiger charge is 2.56. The summed E-state index contributed by atoms with van der Waals surface area (Å²) in [5, 5.41) is 11.1. The molecule has 0 saturated carbocycles. The van der Waals surface area contributed by atoms with Crippen LogP contribution in [-0.2, 0) is 19.9 Å². The molecule has 3 rings (SSSR count). The highest BCUT2D eigenvalue weighted by Crippen LogP contribution is 2.42. The summed E-state index contributed by atoms with van der Waals surface area (Å²) in [5.41, 5.74) is 4.46. The van der Waals surface area contributed by atoms with Crippen LogP contribution in [0, 0.1) is 0 Å². The first-order chi connectivity index (χ1) is 10.5. The fourth-order valence-corrected chi connectivity index (χ4v) is 2.67. The molecule has 0 radical (unpaired) electrons. The zero-order chi connectivity index (χ0) is 15.7. The molecule has 22 heavy (non-hydrogen) atoms. The normalized spacial score (nSPS) is 28.3. The molecular weight excluding hydrogens is 282 g/mol. The van der Waals surface area contributed by atoms with Gasteiger partial charge in [-0.1, -0.05) is 60.7 Å². The minimum Gasteiger partial charge on any atom is -0.452 e. The van der Waals surface area contributed by atoms with E-state index in [1.807, 2.05) is 0 Å². The van der Waals surface area contributed by atoms with Gasteiger partial charge in [0.05, 0.1) is 0 Å². The van der Waals surface area contributed by atoms with Crippen molar-refractivity contribution < 1.29 is 19.4 Å². The van der Waals surface area contributed by atoms with Crippen LogP contribution >= 0.6 is 0 Å². The van der Waals surface area contributed by atoms with Gasteiger partial charge in [0.15, 0.2) is 17.7 Å². The summed E-state index contributed by atoms with van der Waals surface area (Å²) < 4.78 is 5.29. The number of rotatable bonds is 2. The summed E-state index contributed by atoms with van der Waals surface area (Å²) in [5.74, 6) is -1.59. The van der Waals surface area contributed by atoms with Crippen molar-refractivity contribution in [1.29, 1.82) is 0 Å². The van der Waals surface area contributed by atoms with E-state index in [4.69, 9.17) is 10.5 Å². The van der Waals surface area contributed by atoms with Crippen LogP contribution in [0.1, 0.15) is 17.2 Å². The van der Waals surface area contributed by atoms with Gasteiger partial charge < -0.3 is 15.6 Å². The molecule has 1 aliphatic rings. The van der Waals surface area contributed by atoms with Gasteiger partial charge in [-0.2, -0.15) is 0 Å². The molecule has 3 N–H and O–H groups in total. The van der Waals surface area contributed by atoms with Crippen LogP contribution < -0.4 is 5.73 Å². The summed E-state index contributed by atoms with van der Waals surface area (Å²) in [7, 11) is 0. The molecule has 0 aliphatic carbocycles. The lowest BCUT2D eigenvalue weighted by Gasteiger charge is -2.40. The van der Waals surface area contributed by atoms with Crippen molar-refractivity contribution in [3.63, 3.8) is 0 Å². The Morgan fingerprint density at radius 2 is 1.50 bits per heavy atom. The smallest absolute Gasteiger partial charge is 0.331 e. The third-order valence-electron chi connectivity index (χ3n) is 3.84. The molecule has 2 aromatic rings. The minimum atomic E-state index is -2.00.